The molecular formula is C14H27O8+. The molecule has 1 saturated carbocycles. The normalized spacial score (nSPS) is 32.6. The summed E-state index contributed by atoms with van der Waals surface area (Å²) in [5, 5.41) is 77.2. The molecule has 1 aliphatic rings. The van der Waals surface area contributed by atoms with Gasteiger partial charge in [-0.1, -0.05) is 6.92 Å². The van der Waals surface area contributed by atoms with Crippen molar-refractivity contribution in [3.05, 3.63) is 5.92 Å². The van der Waals surface area contributed by atoms with Crippen LogP contribution in [0, 0.1) is 11.8 Å². The highest BCUT2D eigenvalue weighted by molar-refractivity contribution is 5.11. The average molecular weight is 323 g/mol. The zero-order chi connectivity index (χ0) is 17.0. The monoisotopic (exact) mass is 323 g/mol. The van der Waals surface area contributed by atoms with Gasteiger partial charge in [0.05, 0.1) is 12.7 Å². The zero-order valence-electron chi connectivity index (χ0n) is 12.5. The number of hydrogen-bond donors (Lipinski definition) is 8. The average Bonchev–Trinajstić information content (AvgIpc) is 2.77. The number of aliphatic hydroxyl groups excluding tert-OH is 8. The van der Waals surface area contributed by atoms with E-state index in [0.29, 0.717) is 5.92 Å². The topological polar surface area (TPSA) is 162 Å². The Balaban J connectivity index is 2.62. The lowest BCUT2D eigenvalue weighted by Crippen LogP contribution is -2.49. The Morgan fingerprint density at radius 2 is 1.50 bits per heavy atom. The second-order valence-corrected chi connectivity index (χ2v) is 5.93. The lowest BCUT2D eigenvalue weighted by atomic mass is 9.87. The predicted octanol–water partition coefficient (Wildman–Crippen LogP) is -3.10. The summed E-state index contributed by atoms with van der Waals surface area (Å²) in [6, 6.07) is 0. The van der Waals surface area contributed by atoms with Crippen LogP contribution in [0.4, 0.5) is 0 Å². The zero-order valence-corrected chi connectivity index (χ0v) is 12.5. The Hall–Kier alpha value is -0.450. The summed E-state index contributed by atoms with van der Waals surface area (Å²) in [7, 11) is 0. The molecule has 8 atom stereocenters. The van der Waals surface area contributed by atoms with E-state index in [1.807, 2.05) is 0 Å². The van der Waals surface area contributed by atoms with Gasteiger partial charge in [0, 0.05) is 0 Å². The predicted molar refractivity (Wildman–Crippen MR) is 75.4 cm³/mol. The Bertz CT molecular complexity index is 328. The van der Waals surface area contributed by atoms with Crippen molar-refractivity contribution in [1.29, 1.82) is 0 Å². The molecule has 0 radical (unpaired) electrons. The molecule has 0 aromatic heterocycles. The van der Waals surface area contributed by atoms with E-state index in [1.54, 1.807) is 6.92 Å². The number of aliphatic hydroxyl groups is 8. The van der Waals surface area contributed by atoms with Crippen molar-refractivity contribution >= 4 is 0 Å². The molecule has 22 heavy (non-hydrogen) atoms. The fourth-order valence-corrected chi connectivity index (χ4v) is 2.81. The maximum absolute atomic E-state index is 9.97. The van der Waals surface area contributed by atoms with Gasteiger partial charge in [0.15, 0.2) is 5.92 Å². The standard InChI is InChI=1S/C14H27O8/c1-2-8(16)12(20)14(22)13(21)10(18)4-6-3-9(17)11(19)7(6)5-15/h7-22H,2-5H2,1H3/q+1/t7-,8?,9+,10+,11+,12?,13?,14+/m0/s1. The first-order valence-corrected chi connectivity index (χ1v) is 7.46. The van der Waals surface area contributed by atoms with Crippen molar-refractivity contribution in [1.82, 2.24) is 0 Å². The van der Waals surface area contributed by atoms with Crippen LogP contribution in [0.2, 0.25) is 0 Å². The van der Waals surface area contributed by atoms with Gasteiger partial charge in [-0.25, -0.2) is 0 Å². The van der Waals surface area contributed by atoms with Crippen LogP contribution in [0.5, 0.6) is 0 Å². The highest BCUT2D eigenvalue weighted by atomic mass is 16.4. The smallest absolute Gasteiger partial charge is 0.152 e. The van der Waals surface area contributed by atoms with Gasteiger partial charge in [-0.05, 0) is 6.42 Å². The molecule has 8 heteroatoms. The maximum Gasteiger partial charge on any atom is 0.152 e. The van der Waals surface area contributed by atoms with Crippen molar-refractivity contribution in [3.8, 4) is 0 Å². The lowest BCUT2D eigenvalue weighted by Gasteiger charge is -2.28. The quantitative estimate of drug-likeness (QED) is 0.218. The summed E-state index contributed by atoms with van der Waals surface area (Å²) < 4.78 is 0. The van der Waals surface area contributed by atoms with Gasteiger partial charge in [0.25, 0.3) is 0 Å². The fraction of sp³-hybridized carbons (Fsp3) is 0.929. The van der Waals surface area contributed by atoms with Crippen LogP contribution in [0.15, 0.2) is 0 Å². The van der Waals surface area contributed by atoms with E-state index in [1.165, 1.54) is 0 Å². The summed E-state index contributed by atoms with van der Waals surface area (Å²) in [5.41, 5.74) is 0. The van der Waals surface area contributed by atoms with Gasteiger partial charge in [-0.2, -0.15) is 0 Å². The minimum Gasteiger partial charge on any atom is -0.392 e. The molecule has 0 spiro atoms. The van der Waals surface area contributed by atoms with Crippen LogP contribution in [0.25, 0.3) is 0 Å². The van der Waals surface area contributed by atoms with Crippen LogP contribution < -0.4 is 0 Å². The van der Waals surface area contributed by atoms with Crippen molar-refractivity contribution in [2.45, 2.75) is 68.9 Å². The molecule has 8 nitrogen and oxygen atoms in total. The van der Waals surface area contributed by atoms with Gasteiger partial charge in [0.2, 0.25) is 0 Å². The molecule has 0 aromatic carbocycles. The molecule has 0 aromatic rings. The lowest BCUT2D eigenvalue weighted by molar-refractivity contribution is -0.134. The van der Waals surface area contributed by atoms with Crippen molar-refractivity contribution < 1.29 is 40.9 Å². The van der Waals surface area contributed by atoms with E-state index in [9.17, 15) is 40.9 Å². The highest BCUT2D eigenvalue weighted by Gasteiger charge is 2.52. The van der Waals surface area contributed by atoms with Crippen LogP contribution in [0.3, 0.4) is 0 Å². The van der Waals surface area contributed by atoms with E-state index >= 15 is 0 Å². The third-order valence-corrected chi connectivity index (χ3v) is 4.38. The molecule has 0 amide bonds. The van der Waals surface area contributed by atoms with Crippen LogP contribution >= 0.6 is 0 Å². The minimum absolute atomic E-state index is 0.0758. The Morgan fingerprint density at radius 3 is 2.00 bits per heavy atom. The minimum atomic E-state index is -1.74. The van der Waals surface area contributed by atoms with Gasteiger partial charge in [-0.15, -0.1) is 0 Å². The van der Waals surface area contributed by atoms with Crippen molar-refractivity contribution in [2.75, 3.05) is 6.61 Å². The SMILES string of the molecule is CCC(O)C(O)[C@@H](O)C(O)[C@H](O)C[C+]1C[C@@H](O)[C@H](O)[C@H]1CO. The molecule has 0 heterocycles. The second-order valence-electron chi connectivity index (χ2n) is 5.93. The summed E-state index contributed by atoms with van der Waals surface area (Å²) in [6.45, 7) is 1.18. The number of rotatable bonds is 8. The molecule has 8 N–H and O–H groups in total. The summed E-state index contributed by atoms with van der Waals surface area (Å²) >= 11 is 0. The number of hydrogen-bond acceptors (Lipinski definition) is 8. The fourth-order valence-electron chi connectivity index (χ4n) is 2.81. The first-order chi connectivity index (χ1) is 10.2. The molecule has 3 unspecified atom stereocenters. The first-order valence-electron chi connectivity index (χ1n) is 7.46. The summed E-state index contributed by atoms with van der Waals surface area (Å²) in [4.78, 5) is 0. The van der Waals surface area contributed by atoms with Crippen LogP contribution in [-0.2, 0) is 0 Å². The van der Waals surface area contributed by atoms with Gasteiger partial charge < -0.3 is 40.9 Å². The van der Waals surface area contributed by atoms with Crippen molar-refractivity contribution in [3.63, 3.8) is 0 Å². The molecule has 0 bridgehead atoms. The second kappa shape index (κ2) is 8.42. The van der Waals surface area contributed by atoms with E-state index in [-0.39, 0.29) is 19.3 Å². The Morgan fingerprint density at radius 1 is 0.955 bits per heavy atom. The Labute approximate surface area is 129 Å². The molecule has 1 aliphatic carbocycles. The van der Waals surface area contributed by atoms with Crippen LogP contribution in [0.1, 0.15) is 26.2 Å². The van der Waals surface area contributed by atoms with Crippen molar-refractivity contribution in [2.24, 2.45) is 5.92 Å². The first kappa shape index (κ1) is 19.6. The van der Waals surface area contributed by atoms with Gasteiger partial charge in [0.1, 0.15) is 55.4 Å². The molecular weight excluding hydrogens is 296 g/mol. The highest BCUT2D eigenvalue weighted by Crippen LogP contribution is 2.37. The van der Waals surface area contributed by atoms with E-state index < -0.39 is 55.3 Å². The molecule has 130 valence electrons. The molecule has 0 aliphatic heterocycles. The van der Waals surface area contributed by atoms with E-state index in [0.717, 1.165) is 0 Å². The Kier molecular flexibility index (Phi) is 7.50. The maximum atomic E-state index is 9.97. The molecule has 1 fully saturated rings. The van der Waals surface area contributed by atoms with E-state index in [4.69, 9.17) is 0 Å². The van der Waals surface area contributed by atoms with Gasteiger partial charge >= 0.3 is 0 Å². The third kappa shape index (κ3) is 4.30. The third-order valence-electron chi connectivity index (χ3n) is 4.38. The largest absolute Gasteiger partial charge is 0.392 e. The summed E-state index contributed by atoms with van der Waals surface area (Å²) in [5.74, 6) is -0.230. The molecule has 1 rings (SSSR count). The van der Waals surface area contributed by atoms with E-state index in [2.05, 4.69) is 0 Å². The van der Waals surface area contributed by atoms with Crippen LogP contribution in [-0.4, -0.2) is 90.2 Å². The van der Waals surface area contributed by atoms with Gasteiger partial charge in [-0.3, -0.25) is 0 Å². The summed E-state index contributed by atoms with van der Waals surface area (Å²) in [6.07, 6.45) is -9.83. The molecule has 0 saturated heterocycles.